The Hall–Kier alpha value is -1.32. The Balaban J connectivity index is 4.52. The van der Waals surface area contributed by atoms with Gasteiger partial charge in [0.25, 0.3) is 0 Å². The molecule has 0 aromatic heterocycles. The minimum absolute atomic E-state index is 0.200. The van der Waals surface area contributed by atoms with E-state index in [1.807, 2.05) is 0 Å². The number of esters is 1. The molecule has 0 spiro atoms. The van der Waals surface area contributed by atoms with Gasteiger partial charge in [0.1, 0.15) is 6.04 Å². The SMILES string of the molecule is C=CC(=O)N(CCCCCC)C(C)C(=O)OCC(CC)CCCC. The first-order chi connectivity index (χ1) is 11.5. The lowest BCUT2D eigenvalue weighted by atomic mass is 10.0. The third-order valence-electron chi connectivity index (χ3n) is 4.52. The van der Waals surface area contributed by atoms with Gasteiger partial charge in [0.15, 0.2) is 0 Å². The van der Waals surface area contributed by atoms with E-state index in [9.17, 15) is 9.59 Å². The van der Waals surface area contributed by atoms with Gasteiger partial charge in [-0.3, -0.25) is 4.79 Å². The van der Waals surface area contributed by atoms with Gasteiger partial charge < -0.3 is 9.64 Å². The van der Waals surface area contributed by atoms with Gasteiger partial charge in [-0.25, -0.2) is 4.79 Å². The van der Waals surface area contributed by atoms with Crippen molar-refractivity contribution in [3.63, 3.8) is 0 Å². The number of ether oxygens (including phenoxy) is 1. The molecule has 0 bridgehead atoms. The summed E-state index contributed by atoms with van der Waals surface area (Å²) >= 11 is 0. The number of hydrogen-bond donors (Lipinski definition) is 0. The standard InChI is InChI=1S/C20H37NO3/c1-6-10-12-13-15-21(19(22)9-4)17(5)20(23)24-16-18(8-3)14-11-7-2/h9,17-18H,4,6-8,10-16H2,1-3,5H3. The number of unbranched alkanes of at least 4 members (excludes halogenated alkanes) is 4. The summed E-state index contributed by atoms with van der Waals surface area (Å²) < 4.78 is 5.49. The Morgan fingerprint density at radius 1 is 1.08 bits per heavy atom. The van der Waals surface area contributed by atoms with Gasteiger partial charge in [-0.2, -0.15) is 0 Å². The quantitative estimate of drug-likeness (QED) is 0.261. The van der Waals surface area contributed by atoms with E-state index in [2.05, 4.69) is 27.4 Å². The molecule has 0 N–H and O–H groups in total. The number of rotatable bonds is 14. The van der Waals surface area contributed by atoms with Crippen molar-refractivity contribution in [2.45, 2.75) is 85.1 Å². The average molecular weight is 340 g/mol. The van der Waals surface area contributed by atoms with Crippen LogP contribution >= 0.6 is 0 Å². The van der Waals surface area contributed by atoms with Gasteiger partial charge in [0, 0.05) is 6.54 Å². The Labute approximate surface area is 148 Å². The summed E-state index contributed by atoms with van der Waals surface area (Å²) in [5.41, 5.74) is 0. The van der Waals surface area contributed by atoms with Crippen molar-refractivity contribution in [1.29, 1.82) is 0 Å². The van der Waals surface area contributed by atoms with Crippen LogP contribution in [0.3, 0.4) is 0 Å². The first-order valence-electron chi connectivity index (χ1n) is 9.61. The molecule has 0 aromatic carbocycles. The summed E-state index contributed by atoms with van der Waals surface area (Å²) in [4.78, 5) is 26.0. The van der Waals surface area contributed by atoms with Crippen molar-refractivity contribution < 1.29 is 14.3 Å². The van der Waals surface area contributed by atoms with E-state index in [-0.39, 0.29) is 11.9 Å². The van der Waals surface area contributed by atoms with E-state index in [0.29, 0.717) is 19.1 Å². The molecule has 0 rings (SSSR count). The van der Waals surface area contributed by atoms with Crippen molar-refractivity contribution in [1.82, 2.24) is 4.90 Å². The van der Waals surface area contributed by atoms with Crippen LogP contribution in [0, 0.1) is 5.92 Å². The van der Waals surface area contributed by atoms with E-state index in [1.54, 1.807) is 11.8 Å². The van der Waals surface area contributed by atoms with Gasteiger partial charge in [-0.1, -0.05) is 65.9 Å². The fraction of sp³-hybridized carbons (Fsp3) is 0.800. The zero-order valence-corrected chi connectivity index (χ0v) is 16.2. The van der Waals surface area contributed by atoms with E-state index in [0.717, 1.165) is 51.4 Å². The molecule has 0 aliphatic rings. The van der Waals surface area contributed by atoms with Crippen molar-refractivity contribution in [2.75, 3.05) is 13.2 Å². The predicted octanol–water partition coefficient (Wildman–Crippen LogP) is 4.73. The molecule has 0 fully saturated rings. The van der Waals surface area contributed by atoms with Crippen molar-refractivity contribution in [3.8, 4) is 0 Å². The van der Waals surface area contributed by atoms with Gasteiger partial charge in [-0.15, -0.1) is 0 Å². The second-order valence-electron chi connectivity index (χ2n) is 6.52. The lowest BCUT2D eigenvalue weighted by molar-refractivity contribution is -0.154. The van der Waals surface area contributed by atoms with Gasteiger partial charge in [0.05, 0.1) is 6.61 Å². The van der Waals surface area contributed by atoms with Crippen LogP contribution in [0.5, 0.6) is 0 Å². The van der Waals surface area contributed by atoms with Crippen LogP contribution in [-0.2, 0) is 14.3 Å². The fourth-order valence-corrected chi connectivity index (χ4v) is 2.67. The van der Waals surface area contributed by atoms with Crippen LogP contribution in [0.1, 0.15) is 79.1 Å². The summed E-state index contributed by atoms with van der Waals surface area (Å²) in [6, 6.07) is -0.555. The second kappa shape index (κ2) is 14.1. The lowest BCUT2D eigenvalue weighted by Gasteiger charge is -2.27. The molecular formula is C20H37NO3. The third-order valence-corrected chi connectivity index (χ3v) is 4.52. The van der Waals surface area contributed by atoms with Crippen molar-refractivity contribution in [3.05, 3.63) is 12.7 Å². The zero-order chi connectivity index (χ0) is 18.4. The van der Waals surface area contributed by atoms with Crippen molar-refractivity contribution >= 4 is 11.9 Å². The Morgan fingerprint density at radius 2 is 1.75 bits per heavy atom. The Kier molecular flexibility index (Phi) is 13.3. The van der Waals surface area contributed by atoms with E-state index in [4.69, 9.17) is 4.74 Å². The van der Waals surface area contributed by atoms with Gasteiger partial charge in [-0.05, 0) is 31.8 Å². The molecule has 4 heteroatoms. The zero-order valence-electron chi connectivity index (χ0n) is 16.2. The van der Waals surface area contributed by atoms with Crippen LogP contribution in [0.4, 0.5) is 0 Å². The third kappa shape index (κ3) is 9.09. The number of nitrogens with zero attached hydrogens (tertiary/aromatic N) is 1. The highest BCUT2D eigenvalue weighted by atomic mass is 16.5. The Bertz CT molecular complexity index is 368. The van der Waals surface area contributed by atoms with Gasteiger partial charge >= 0.3 is 5.97 Å². The maximum Gasteiger partial charge on any atom is 0.328 e. The lowest BCUT2D eigenvalue weighted by Crippen LogP contribution is -2.44. The smallest absolute Gasteiger partial charge is 0.328 e. The minimum Gasteiger partial charge on any atom is -0.464 e. The van der Waals surface area contributed by atoms with Crippen LogP contribution in [0.15, 0.2) is 12.7 Å². The maximum atomic E-state index is 12.3. The van der Waals surface area contributed by atoms with Gasteiger partial charge in [0.2, 0.25) is 5.91 Å². The summed E-state index contributed by atoms with van der Waals surface area (Å²) in [6.07, 6.45) is 9.93. The minimum atomic E-state index is -0.555. The molecule has 140 valence electrons. The monoisotopic (exact) mass is 339 g/mol. The average Bonchev–Trinajstić information content (AvgIpc) is 2.60. The van der Waals surface area contributed by atoms with Crippen LogP contribution in [0.2, 0.25) is 0 Å². The van der Waals surface area contributed by atoms with E-state index < -0.39 is 6.04 Å². The summed E-state index contributed by atoms with van der Waals surface area (Å²) in [7, 11) is 0. The number of hydrogen-bond acceptors (Lipinski definition) is 3. The summed E-state index contributed by atoms with van der Waals surface area (Å²) in [5, 5.41) is 0. The summed E-state index contributed by atoms with van der Waals surface area (Å²) in [5.74, 6) is -0.0983. The van der Waals surface area contributed by atoms with Crippen LogP contribution in [0.25, 0.3) is 0 Å². The molecule has 0 aromatic rings. The predicted molar refractivity (Wildman–Crippen MR) is 99.8 cm³/mol. The molecule has 2 atom stereocenters. The van der Waals surface area contributed by atoms with Crippen molar-refractivity contribution in [2.24, 2.45) is 5.92 Å². The fourth-order valence-electron chi connectivity index (χ4n) is 2.67. The second-order valence-corrected chi connectivity index (χ2v) is 6.52. The molecule has 0 heterocycles. The Morgan fingerprint density at radius 3 is 2.29 bits per heavy atom. The molecule has 2 unspecified atom stereocenters. The molecule has 0 aliphatic carbocycles. The first kappa shape index (κ1) is 22.7. The maximum absolute atomic E-state index is 12.3. The molecule has 24 heavy (non-hydrogen) atoms. The molecule has 0 saturated heterocycles. The van der Waals surface area contributed by atoms with Crippen LogP contribution < -0.4 is 0 Å². The highest BCUT2D eigenvalue weighted by Crippen LogP contribution is 2.14. The largest absolute Gasteiger partial charge is 0.464 e. The normalized spacial score (nSPS) is 13.2. The number of amides is 1. The number of carbonyl (C=O) groups excluding carboxylic acids is 2. The number of carbonyl (C=O) groups is 2. The van der Waals surface area contributed by atoms with E-state index in [1.165, 1.54) is 6.08 Å². The first-order valence-corrected chi connectivity index (χ1v) is 9.61. The molecule has 0 radical (unpaired) electrons. The molecule has 0 aliphatic heterocycles. The van der Waals surface area contributed by atoms with Crippen LogP contribution in [-0.4, -0.2) is 36.0 Å². The summed E-state index contributed by atoms with van der Waals surface area (Å²) in [6.45, 7) is 12.8. The molecular weight excluding hydrogens is 302 g/mol. The topological polar surface area (TPSA) is 46.6 Å². The highest BCUT2D eigenvalue weighted by Gasteiger charge is 2.25. The van der Waals surface area contributed by atoms with E-state index >= 15 is 0 Å². The molecule has 1 amide bonds. The highest BCUT2D eigenvalue weighted by molar-refractivity contribution is 5.91. The molecule has 4 nitrogen and oxygen atoms in total. The molecule has 0 saturated carbocycles.